The SMILES string of the molecule is Cn1c(=S)sc2c(=S)nc[nH]c21. The van der Waals surface area contributed by atoms with E-state index in [1.165, 1.54) is 11.3 Å². The first-order valence-corrected chi connectivity index (χ1v) is 4.86. The van der Waals surface area contributed by atoms with Gasteiger partial charge in [-0.3, -0.25) is 0 Å². The summed E-state index contributed by atoms with van der Waals surface area (Å²) in [5, 5.41) is 0. The van der Waals surface area contributed by atoms with E-state index in [9.17, 15) is 0 Å². The Morgan fingerprint density at radius 2 is 2.33 bits per heavy atom. The standard InChI is InChI=1S/C6H5N3S3/c1-9-4-3(12-6(9)11)5(10)8-2-7-4/h2H,1H3,(H,7,8,10). The van der Waals surface area contributed by atoms with Crippen molar-refractivity contribution in [3.8, 4) is 0 Å². The number of hydrogen-bond donors (Lipinski definition) is 1. The Bertz CT molecular complexity index is 533. The summed E-state index contributed by atoms with van der Waals surface area (Å²) in [6, 6.07) is 0. The number of nitrogens with one attached hydrogen (secondary N) is 1. The highest BCUT2D eigenvalue weighted by Crippen LogP contribution is 2.19. The molecule has 1 N–H and O–H groups in total. The van der Waals surface area contributed by atoms with E-state index < -0.39 is 0 Å². The number of aryl methyl sites for hydroxylation is 1. The summed E-state index contributed by atoms with van der Waals surface area (Å²) >= 11 is 11.6. The molecule has 0 aliphatic heterocycles. The van der Waals surface area contributed by atoms with Gasteiger partial charge < -0.3 is 9.55 Å². The molecule has 2 heterocycles. The zero-order chi connectivity index (χ0) is 8.72. The van der Waals surface area contributed by atoms with Crippen molar-refractivity contribution < 1.29 is 0 Å². The first-order valence-electron chi connectivity index (χ1n) is 3.23. The van der Waals surface area contributed by atoms with Gasteiger partial charge in [0.05, 0.1) is 6.33 Å². The molecule has 2 aromatic heterocycles. The molecule has 6 heteroatoms. The van der Waals surface area contributed by atoms with E-state index in [4.69, 9.17) is 24.4 Å². The quantitative estimate of drug-likeness (QED) is 0.685. The molecule has 0 spiro atoms. The molecule has 0 fully saturated rings. The Labute approximate surface area is 82.7 Å². The van der Waals surface area contributed by atoms with E-state index in [0.29, 0.717) is 4.64 Å². The molecule has 0 aliphatic carbocycles. The molecule has 0 radical (unpaired) electrons. The average molecular weight is 215 g/mol. The number of fused-ring (bicyclic) bond motifs is 1. The maximum absolute atomic E-state index is 5.10. The fraction of sp³-hybridized carbons (Fsp3) is 0.167. The molecule has 0 unspecified atom stereocenters. The summed E-state index contributed by atoms with van der Waals surface area (Å²) in [7, 11) is 1.91. The van der Waals surface area contributed by atoms with Crippen LogP contribution in [0.3, 0.4) is 0 Å². The zero-order valence-electron chi connectivity index (χ0n) is 6.20. The van der Waals surface area contributed by atoms with Gasteiger partial charge in [0.15, 0.2) is 3.95 Å². The molecule has 0 atom stereocenters. The minimum atomic E-state index is 0.612. The lowest BCUT2D eigenvalue weighted by Gasteiger charge is -1.92. The van der Waals surface area contributed by atoms with Crippen LogP contribution in [0, 0.1) is 8.59 Å². The fourth-order valence-corrected chi connectivity index (χ4v) is 2.42. The number of aromatic nitrogens is 3. The second-order valence-corrected chi connectivity index (χ2v) is 4.34. The molecule has 0 saturated heterocycles. The van der Waals surface area contributed by atoms with Crippen molar-refractivity contribution in [2.45, 2.75) is 0 Å². The zero-order valence-corrected chi connectivity index (χ0v) is 8.65. The van der Waals surface area contributed by atoms with Crippen LogP contribution < -0.4 is 0 Å². The molecule has 3 nitrogen and oxygen atoms in total. The predicted molar refractivity (Wildman–Crippen MR) is 54.6 cm³/mol. The molecule has 2 aromatic rings. The van der Waals surface area contributed by atoms with Gasteiger partial charge in [0, 0.05) is 7.05 Å². The first-order chi connectivity index (χ1) is 5.70. The third-order valence-electron chi connectivity index (χ3n) is 1.59. The van der Waals surface area contributed by atoms with Crippen LogP contribution in [0.2, 0.25) is 0 Å². The second-order valence-electron chi connectivity index (χ2n) is 2.31. The van der Waals surface area contributed by atoms with E-state index in [0.717, 1.165) is 14.3 Å². The Morgan fingerprint density at radius 1 is 1.58 bits per heavy atom. The molecule has 0 bridgehead atoms. The van der Waals surface area contributed by atoms with E-state index in [1.807, 2.05) is 11.6 Å². The highest BCUT2D eigenvalue weighted by atomic mass is 32.1. The number of aromatic amines is 1. The van der Waals surface area contributed by atoms with Gasteiger partial charge in [-0.05, 0) is 12.2 Å². The van der Waals surface area contributed by atoms with Crippen LogP contribution in [0.15, 0.2) is 6.33 Å². The first kappa shape index (κ1) is 8.03. The van der Waals surface area contributed by atoms with Crippen LogP contribution in [-0.2, 0) is 7.05 Å². The summed E-state index contributed by atoms with van der Waals surface area (Å²) in [5.74, 6) is 0. The van der Waals surface area contributed by atoms with Gasteiger partial charge in [-0.2, -0.15) is 0 Å². The van der Waals surface area contributed by atoms with Crippen LogP contribution in [0.5, 0.6) is 0 Å². The molecule has 0 aromatic carbocycles. The number of rotatable bonds is 0. The minimum absolute atomic E-state index is 0.612. The lowest BCUT2D eigenvalue weighted by molar-refractivity contribution is 0.936. The molecular formula is C6H5N3S3. The van der Waals surface area contributed by atoms with Crippen molar-refractivity contribution in [3.63, 3.8) is 0 Å². The highest BCUT2D eigenvalue weighted by molar-refractivity contribution is 7.74. The van der Waals surface area contributed by atoms with Crippen LogP contribution >= 0.6 is 35.8 Å². The summed E-state index contributed by atoms with van der Waals surface area (Å²) in [6.07, 6.45) is 1.59. The lowest BCUT2D eigenvalue weighted by atomic mass is 10.6. The monoisotopic (exact) mass is 215 g/mol. The summed E-state index contributed by atoms with van der Waals surface area (Å²) < 4.78 is 4.27. The van der Waals surface area contributed by atoms with Gasteiger partial charge in [0.2, 0.25) is 0 Å². The van der Waals surface area contributed by atoms with E-state index >= 15 is 0 Å². The molecular weight excluding hydrogens is 210 g/mol. The summed E-state index contributed by atoms with van der Waals surface area (Å²) in [5.41, 5.74) is 0.949. The van der Waals surface area contributed by atoms with Crippen LogP contribution in [0.4, 0.5) is 0 Å². The van der Waals surface area contributed by atoms with Gasteiger partial charge in [0.25, 0.3) is 0 Å². The van der Waals surface area contributed by atoms with E-state index in [1.54, 1.807) is 6.33 Å². The Kier molecular flexibility index (Phi) is 1.82. The van der Waals surface area contributed by atoms with Crippen molar-refractivity contribution in [3.05, 3.63) is 14.9 Å². The Morgan fingerprint density at radius 3 is 3.00 bits per heavy atom. The molecule has 62 valence electrons. The largest absolute Gasteiger partial charge is 0.331 e. The topological polar surface area (TPSA) is 33.6 Å². The average Bonchev–Trinajstić information content (AvgIpc) is 2.32. The molecule has 0 saturated carbocycles. The van der Waals surface area contributed by atoms with Gasteiger partial charge >= 0.3 is 0 Å². The normalized spacial score (nSPS) is 10.8. The van der Waals surface area contributed by atoms with E-state index in [-0.39, 0.29) is 0 Å². The van der Waals surface area contributed by atoms with Crippen LogP contribution in [-0.4, -0.2) is 14.5 Å². The number of thiazole rings is 1. The number of nitrogens with zero attached hydrogens (tertiary/aromatic N) is 2. The summed E-state index contributed by atoms with van der Waals surface area (Å²) in [6.45, 7) is 0. The number of H-pyrrole nitrogens is 1. The van der Waals surface area contributed by atoms with Crippen LogP contribution in [0.25, 0.3) is 10.3 Å². The molecule has 12 heavy (non-hydrogen) atoms. The fourth-order valence-electron chi connectivity index (χ4n) is 0.966. The summed E-state index contributed by atoms with van der Waals surface area (Å²) in [4.78, 5) is 6.98. The van der Waals surface area contributed by atoms with Gasteiger partial charge in [0.1, 0.15) is 15.0 Å². The van der Waals surface area contributed by atoms with Crippen molar-refractivity contribution >= 4 is 46.1 Å². The number of hydrogen-bond acceptors (Lipinski definition) is 4. The maximum Gasteiger partial charge on any atom is 0.163 e. The van der Waals surface area contributed by atoms with Crippen molar-refractivity contribution in [2.24, 2.45) is 7.05 Å². The van der Waals surface area contributed by atoms with Crippen LogP contribution in [0.1, 0.15) is 0 Å². The van der Waals surface area contributed by atoms with Crippen molar-refractivity contribution in [2.75, 3.05) is 0 Å². The molecule has 0 aliphatic rings. The minimum Gasteiger partial charge on any atom is -0.331 e. The van der Waals surface area contributed by atoms with Crippen molar-refractivity contribution in [1.82, 2.24) is 14.5 Å². The predicted octanol–water partition coefficient (Wildman–Crippen LogP) is 2.42. The maximum atomic E-state index is 5.10. The third-order valence-corrected chi connectivity index (χ3v) is 3.59. The van der Waals surface area contributed by atoms with Gasteiger partial charge in [-0.25, -0.2) is 4.98 Å². The van der Waals surface area contributed by atoms with Gasteiger partial charge in [-0.1, -0.05) is 23.6 Å². The lowest BCUT2D eigenvalue weighted by Crippen LogP contribution is -1.89. The molecule has 2 rings (SSSR count). The highest BCUT2D eigenvalue weighted by Gasteiger charge is 2.02. The third kappa shape index (κ3) is 1.03. The molecule has 0 amide bonds. The smallest absolute Gasteiger partial charge is 0.163 e. The van der Waals surface area contributed by atoms with Crippen molar-refractivity contribution in [1.29, 1.82) is 0 Å². The van der Waals surface area contributed by atoms with E-state index in [2.05, 4.69) is 9.97 Å². The Balaban J connectivity index is 3.16. The Hall–Kier alpha value is -0.590. The van der Waals surface area contributed by atoms with Gasteiger partial charge in [-0.15, -0.1) is 0 Å². The second kappa shape index (κ2) is 2.72.